The highest BCUT2D eigenvalue weighted by molar-refractivity contribution is 5.08. The molecule has 0 rings (SSSR count). The summed E-state index contributed by atoms with van der Waals surface area (Å²) in [6.07, 6.45) is 2.31. The molecule has 0 aliphatic carbocycles. The molecule has 0 saturated heterocycles. The van der Waals surface area contributed by atoms with E-state index in [-0.39, 0.29) is 0 Å². The molecule has 0 aromatic heterocycles. The van der Waals surface area contributed by atoms with E-state index in [1.807, 2.05) is 0 Å². The molecule has 0 bridgehead atoms. The fourth-order valence-corrected chi connectivity index (χ4v) is 1.54. The predicted molar refractivity (Wildman–Crippen MR) is 68.7 cm³/mol. The molecule has 1 unspecified atom stereocenters. The van der Waals surface area contributed by atoms with Crippen molar-refractivity contribution >= 4 is 0 Å². The molecule has 1 N–H and O–H groups in total. The first-order valence-electron chi connectivity index (χ1n) is 6.01. The maximum absolute atomic E-state index is 5.14. The van der Waals surface area contributed by atoms with Gasteiger partial charge < -0.3 is 14.8 Å². The Labute approximate surface area is 100 Å². The molecule has 96 valence electrons. The third kappa shape index (κ3) is 7.85. The molecule has 0 spiro atoms. The highest BCUT2D eigenvalue weighted by atomic mass is 16.5. The lowest BCUT2D eigenvalue weighted by atomic mass is 9.98. The van der Waals surface area contributed by atoms with E-state index in [9.17, 15) is 0 Å². The van der Waals surface area contributed by atoms with Gasteiger partial charge in [-0.1, -0.05) is 32.4 Å². The summed E-state index contributed by atoms with van der Waals surface area (Å²) in [5, 5.41) is 3.38. The Bertz CT molecular complexity index is 190. The molecular weight excluding hydrogens is 202 g/mol. The third-order valence-corrected chi connectivity index (χ3v) is 2.48. The predicted octanol–water partition coefficient (Wildman–Crippen LogP) is 2.09. The third-order valence-electron chi connectivity index (χ3n) is 2.48. The standard InChI is InChI=1S/C13H27NO2/c1-11(2)13(8-12(3)10-16-5)9-14-6-7-15-4/h8,11-12,14H,6-7,9-10H2,1-5H3. The maximum Gasteiger partial charge on any atom is 0.0587 e. The Hall–Kier alpha value is -0.380. The monoisotopic (exact) mass is 229 g/mol. The minimum absolute atomic E-state index is 0.478. The van der Waals surface area contributed by atoms with E-state index >= 15 is 0 Å². The first-order chi connectivity index (χ1) is 7.61. The quantitative estimate of drug-likeness (QED) is 0.485. The molecule has 0 aromatic carbocycles. The Balaban J connectivity index is 4.05. The van der Waals surface area contributed by atoms with E-state index in [0.29, 0.717) is 11.8 Å². The molecule has 0 heterocycles. The van der Waals surface area contributed by atoms with Crippen molar-refractivity contribution in [2.75, 3.05) is 40.5 Å². The first kappa shape index (κ1) is 15.6. The maximum atomic E-state index is 5.14. The number of nitrogens with one attached hydrogen (secondary N) is 1. The summed E-state index contributed by atoms with van der Waals surface area (Å²) in [6, 6.07) is 0. The molecule has 0 fully saturated rings. The van der Waals surface area contributed by atoms with E-state index in [2.05, 4.69) is 32.2 Å². The van der Waals surface area contributed by atoms with Gasteiger partial charge in [0.25, 0.3) is 0 Å². The van der Waals surface area contributed by atoms with Crippen LogP contribution in [0.2, 0.25) is 0 Å². The molecule has 16 heavy (non-hydrogen) atoms. The van der Waals surface area contributed by atoms with Gasteiger partial charge >= 0.3 is 0 Å². The molecule has 3 heteroatoms. The van der Waals surface area contributed by atoms with Crippen molar-refractivity contribution in [2.45, 2.75) is 20.8 Å². The molecule has 0 radical (unpaired) electrons. The molecule has 0 amide bonds. The van der Waals surface area contributed by atoms with Crippen molar-refractivity contribution in [2.24, 2.45) is 11.8 Å². The second kappa shape index (κ2) is 9.82. The zero-order valence-corrected chi connectivity index (χ0v) is 11.4. The first-order valence-corrected chi connectivity index (χ1v) is 6.01. The van der Waals surface area contributed by atoms with Gasteiger partial charge in [0.05, 0.1) is 13.2 Å². The number of rotatable bonds is 9. The van der Waals surface area contributed by atoms with Gasteiger partial charge in [0.1, 0.15) is 0 Å². The molecule has 0 saturated carbocycles. The average Bonchev–Trinajstić information content (AvgIpc) is 2.22. The van der Waals surface area contributed by atoms with Crippen LogP contribution in [0, 0.1) is 11.8 Å². The van der Waals surface area contributed by atoms with Gasteiger partial charge in [0.15, 0.2) is 0 Å². The number of hydrogen-bond donors (Lipinski definition) is 1. The Morgan fingerprint density at radius 2 is 1.88 bits per heavy atom. The van der Waals surface area contributed by atoms with E-state index < -0.39 is 0 Å². The van der Waals surface area contributed by atoms with Crippen LogP contribution in [0.4, 0.5) is 0 Å². The van der Waals surface area contributed by atoms with Crippen LogP contribution < -0.4 is 5.32 Å². The van der Waals surface area contributed by atoms with Crippen molar-refractivity contribution in [3.05, 3.63) is 11.6 Å². The van der Waals surface area contributed by atoms with Gasteiger partial charge in [-0.25, -0.2) is 0 Å². The van der Waals surface area contributed by atoms with E-state index in [4.69, 9.17) is 9.47 Å². The van der Waals surface area contributed by atoms with Crippen LogP contribution in [0.15, 0.2) is 11.6 Å². The number of ether oxygens (including phenoxy) is 2. The highest BCUT2D eigenvalue weighted by Crippen LogP contribution is 2.12. The van der Waals surface area contributed by atoms with Gasteiger partial charge in [0, 0.05) is 27.3 Å². The molecule has 1 atom stereocenters. The summed E-state index contributed by atoms with van der Waals surface area (Å²) in [7, 11) is 3.47. The lowest BCUT2D eigenvalue weighted by Crippen LogP contribution is -2.23. The van der Waals surface area contributed by atoms with Crippen molar-refractivity contribution in [1.82, 2.24) is 5.32 Å². The van der Waals surface area contributed by atoms with Crippen LogP contribution in [0.25, 0.3) is 0 Å². The van der Waals surface area contributed by atoms with Crippen LogP contribution in [-0.4, -0.2) is 40.5 Å². The summed E-state index contributed by atoms with van der Waals surface area (Å²) < 4.78 is 10.1. The fraction of sp³-hybridized carbons (Fsp3) is 0.846. The Kier molecular flexibility index (Phi) is 9.59. The topological polar surface area (TPSA) is 30.5 Å². The minimum Gasteiger partial charge on any atom is -0.384 e. The van der Waals surface area contributed by atoms with E-state index in [1.165, 1.54) is 5.57 Å². The smallest absolute Gasteiger partial charge is 0.0587 e. The lowest BCUT2D eigenvalue weighted by molar-refractivity contribution is 0.175. The normalized spacial score (nSPS) is 14.5. The van der Waals surface area contributed by atoms with Crippen LogP contribution in [0.5, 0.6) is 0 Å². The zero-order valence-electron chi connectivity index (χ0n) is 11.4. The van der Waals surface area contributed by atoms with Gasteiger partial charge in [-0.3, -0.25) is 0 Å². The fourth-order valence-electron chi connectivity index (χ4n) is 1.54. The van der Waals surface area contributed by atoms with Crippen molar-refractivity contribution in [3.8, 4) is 0 Å². The second-order valence-corrected chi connectivity index (χ2v) is 4.50. The summed E-state index contributed by atoms with van der Waals surface area (Å²) >= 11 is 0. The zero-order chi connectivity index (χ0) is 12.4. The number of hydrogen-bond acceptors (Lipinski definition) is 3. The molecule has 3 nitrogen and oxygen atoms in total. The number of methoxy groups -OCH3 is 2. The SMILES string of the molecule is COCCNCC(=CC(C)COC)C(C)C. The minimum atomic E-state index is 0.478. The van der Waals surface area contributed by atoms with Crippen molar-refractivity contribution in [1.29, 1.82) is 0 Å². The van der Waals surface area contributed by atoms with Crippen LogP contribution in [0.1, 0.15) is 20.8 Å². The van der Waals surface area contributed by atoms with Crippen LogP contribution >= 0.6 is 0 Å². The van der Waals surface area contributed by atoms with Crippen LogP contribution in [-0.2, 0) is 9.47 Å². The van der Waals surface area contributed by atoms with Crippen molar-refractivity contribution in [3.63, 3.8) is 0 Å². The molecular formula is C13H27NO2. The van der Waals surface area contributed by atoms with Gasteiger partial charge in [-0.2, -0.15) is 0 Å². The Morgan fingerprint density at radius 3 is 2.38 bits per heavy atom. The summed E-state index contributed by atoms with van der Waals surface area (Å²) in [4.78, 5) is 0. The summed E-state index contributed by atoms with van der Waals surface area (Å²) in [5.41, 5.74) is 1.45. The van der Waals surface area contributed by atoms with E-state index in [1.54, 1.807) is 14.2 Å². The van der Waals surface area contributed by atoms with Gasteiger partial charge in [0.2, 0.25) is 0 Å². The van der Waals surface area contributed by atoms with Gasteiger partial charge in [-0.15, -0.1) is 0 Å². The molecule has 0 aliphatic heterocycles. The van der Waals surface area contributed by atoms with E-state index in [0.717, 1.165) is 26.3 Å². The molecule has 0 aliphatic rings. The summed E-state index contributed by atoms with van der Waals surface area (Å²) in [6.45, 7) is 10.0. The second-order valence-electron chi connectivity index (χ2n) is 4.50. The van der Waals surface area contributed by atoms with Crippen LogP contribution in [0.3, 0.4) is 0 Å². The largest absolute Gasteiger partial charge is 0.384 e. The Morgan fingerprint density at radius 1 is 1.19 bits per heavy atom. The molecule has 0 aromatic rings. The highest BCUT2D eigenvalue weighted by Gasteiger charge is 2.05. The average molecular weight is 229 g/mol. The van der Waals surface area contributed by atoms with Crippen molar-refractivity contribution < 1.29 is 9.47 Å². The lowest BCUT2D eigenvalue weighted by Gasteiger charge is -2.15. The van der Waals surface area contributed by atoms with Gasteiger partial charge in [-0.05, 0) is 11.8 Å². The summed E-state index contributed by atoms with van der Waals surface area (Å²) in [5.74, 6) is 1.06.